The number of fused-ring (bicyclic) bond motifs is 1. The molecule has 110 valence electrons. The van der Waals surface area contributed by atoms with Crippen molar-refractivity contribution in [2.75, 3.05) is 20.3 Å². The van der Waals surface area contributed by atoms with Crippen LogP contribution in [0.2, 0.25) is 0 Å². The van der Waals surface area contributed by atoms with E-state index in [2.05, 4.69) is 18.2 Å². The van der Waals surface area contributed by atoms with E-state index in [1.54, 1.807) is 7.11 Å². The molecule has 21 heavy (non-hydrogen) atoms. The van der Waals surface area contributed by atoms with Gasteiger partial charge in [0, 0.05) is 39.6 Å². The van der Waals surface area contributed by atoms with Gasteiger partial charge in [-0.15, -0.1) is 0 Å². The van der Waals surface area contributed by atoms with Gasteiger partial charge in [0.2, 0.25) is 0 Å². The molecule has 0 atom stereocenters. The average molecular weight is 284 g/mol. The highest BCUT2D eigenvalue weighted by Gasteiger charge is 2.39. The molecule has 0 radical (unpaired) electrons. The second-order valence-electron chi connectivity index (χ2n) is 5.55. The highest BCUT2D eigenvalue weighted by atomic mass is 16.5. The topological polar surface area (TPSA) is 35.5 Å². The summed E-state index contributed by atoms with van der Waals surface area (Å²) < 4.78 is 11.0. The van der Waals surface area contributed by atoms with Crippen LogP contribution >= 0.6 is 0 Å². The first kappa shape index (κ1) is 14.2. The summed E-state index contributed by atoms with van der Waals surface area (Å²) in [5.74, 6) is 0.157. The minimum absolute atomic E-state index is 0.157. The first-order chi connectivity index (χ1) is 10.2. The molecule has 2 aromatic carbocycles. The zero-order valence-electron chi connectivity index (χ0n) is 12.3. The fraction of sp³-hybridized carbons (Fsp3) is 0.389. The Hall–Kier alpha value is -1.71. The van der Waals surface area contributed by atoms with E-state index in [0.29, 0.717) is 32.5 Å². The quantitative estimate of drug-likeness (QED) is 0.865. The van der Waals surface area contributed by atoms with E-state index in [0.717, 1.165) is 10.9 Å². The predicted octanol–water partition coefficient (Wildman–Crippen LogP) is 3.15. The number of hydrogen-bond donors (Lipinski definition) is 0. The number of hydrogen-bond acceptors (Lipinski definition) is 3. The molecule has 0 saturated carbocycles. The van der Waals surface area contributed by atoms with Crippen LogP contribution in [0.25, 0.3) is 10.8 Å². The molecule has 0 bridgehead atoms. The first-order valence-electron chi connectivity index (χ1n) is 7.38. The average Bonchev–Trinajstić information content (AvgIpc) is 2.56. The molecule has 1 heterocycles. The molecule has 3 nitrogen and oxygen atoms in total. The van der Waals surface area contributed by atoms with Gasteiger partial charge in [-0.1, -0.05) is 42.5 Å². The van der Waals surface area contributed by atoms with Crippen molar-refractivity contribution >= 4 is 16.6 Å². The molecule has 3 heteroatoms. The Kier molecular flexibility index (Phi) is 4.04. The minimum atomic E-state index is -0.671. The molecule has 0 spiro atoms. The lowest BCUT2D eigenvalue weighted by Crippen LogP contribution is -2.46. The number of methoxy groups -OCH3 is 1. The molecule has 0 aliphatic carbocycles. The molecule has 0 unspecified atom stereocenters. The number of ether oxygens (including phenoxy) is 2. The Balaban J connectivity index is 1.89. The van der Waals surface area contributed by atoms with Gasteiger partial charge in [-0.2, -0.15) is 0 Å². The van der Waals surface area contributed by atoms with E-state index < -0.39 is 5.60 Å². The maximum absolute atomic E-state index is 12.8. The first-order valence-corrected chi connectivity index (χ1v) is 7.38. The molecule has 2 aromatic rings. The standard InChI is InChI=1S/C18H20O3/c1-20-18(9-11-21-12-10-18)17(19)13-15-7-4-6-14-5-2-3-8-16(14)15/h2-8H,9-13H2,1H3. The van der Waals surface area contributed by atoms with Gasteiger partial charge < -0.3 is 9.47 Å². The number of rotatable bonds is 4. The van der Waals surface area contributed by atoms with E-state index in [4.69, 9.17) is 9.47 Å². The lowest BCUT2D eigenvalue weighted by molar-refractivity contribution is -0.151. The van der Waals surface area contributed by atoms with Crippen LogP contribution in [0.4, 0.5) is 0 Å². The van der Waals surface area contributed by atoms with Crippen molar-refractivity contribution in [2.45, 2.75) is 24.9 Å². The summed E-state index contributed by atoms with van der Waals surface area (Å²) in [6, 6.07) is 14.3. The monoisotopic (exact) mass is 284 g/mol. The maximum Gasteiger partial charge on any atom is 0.169 e. The van der Waals surface area contributed by atoms with E-state index >= 15 is 0 Å². The van der Waals surface area contributed by atoms with Gasteiger partial charge in [-0.05, 0) is 16.3 Å². The van der Waals surface area contributed by atoms with E-state index in [-0.39, 0.29) is 5.78 Å². The van der Waals surface area contributed by atoms with Crippen LogP contribution in [-0.2, 0) is 20.7 Å². The highest BCUT2D eigenvalue weighted by molar-refractivity contribution is 5.94. The Labute approximate surface area is 124 Å². The Morgan fingerprint density at radius 1 is 1.14 bits per heavy atom. The minimum Gasteiger partial charge on any atom is -0.381 e. The van der Waals surface area contributed by atoms with Crippen molar-refractivity contribution in [3.8, 4) is 0 Å². The van der Waals surface area contributed by atoms with Crippen molar-refractivity contribution in [3.63, 3.8) is 0 Å². The zero-order valence-corrected chi connectivity index (χ0v) is 12.3. The van der Waals surface area contributed by atoms with Crippen LogP contribution in [0.1, 0.15) is 18.4 Å². The normalized spacial score (nSPS) is 17.8. The van der Waals surface area contributed by atoms with Crippen molar-refractivity contribution in [1.29, 1.82) is 0 Å². The Morgan fingerprint density at radius 3 is 2.62 bits per heavy atom. The lowest BCUT2D eigenvalue weighted by atomic mass is 9.85. The molecular weight excluding hydrogens is 264 g/mol. The van der Waals surface area contributed by atoms with Crippen LogP contribution in [0.5, 0.6) is 0 Å². The van der Waals surface area contributed by atoms with Crippen molar-refractivity contribution in [2.24, 2.45) is 0 Å². The summed E-state index contributed by atoms with van der Waals surface area (Å²) in [7, 11) is 1.63. The Morgan fingerprint density at radius 2 is 1.86 bits per heavy atom. The van der Waals surface area contributed by atoms with Gasteiger partial charge in [-0.3, -0.25) is 4.79 Å². The molecule has 1 aliphatic heterocycles. The summed E-state index contributed by atoms with van der Waals surface area (Å²) in [5.41, 5.74) is 0.399. The fourth-order valence-corrected chi connectivity index (χ4v) is 3.08. The summed E-state index contributed by atoms with van der Waals surface area (Å²) in [6.45, 7) is 1.18. The van der Waals surface area contributed by atoms with Crippen molar-refractivity contribution in [1.82, 2.24) is 0 Å². The lowest BCUT2D eigenvalue weighted by Gasteiger charge is -2.34. The van der Waals surface area contributed by atoms with Gasteiger partial charge in [0.25, 0.3) is 0 Å². The van der Waals surface area contributed by atoms with Gasteiger partial charge in [0.1, 0.15) is 5.60 Å². The van der Waals surface area contributed by atoms with Crippen LogP contribution in [-0.4, -0.2) is 31.7 Å². The number of carbonyl (C=O) groups excluding carboxylic acids is 1. The van der Waals surface area contributed by atoms with Crippen LogP contribution in [0.3, 0.4) is 0 Å². The van der Waals surface area contributed by atoms with Crippen LogP contribution < -0.4 is 0 Å². The predicted molar refractivity (Wildman–Crippen MR) is 82.5 cm³/mol. The van der Waals surface area contributed by atoms with Gasteiger partial charge in [0.05, 0.1) is 0 Å². The van der Waals surface area contributed by atoms with E-state index in [1.807, 2.05) is 24.3 Å². The van der Waals surface area contributed by atoms with Crippen molar-refractivity contribution in [3.05, 3.63) is 48.0 Å². The third-order valence-corrected chi connectivity index (χ3v) is 4.43. The highest BCUT2D eigenvalue weighted by Crippen LogP contribution is 2.28. The third-order valence-electron chi connectivity index (χ3n) is 4.43. The molecule has 0 aromatic heterocycles. The SMILES string of the molecule is COC1(C(=O)Cc2cccc3ccccc23)CCOCC1. The zero-order chi connectivity index (χ0) is 14.7. The molecular formula is C18H20O3. The largest absolute Gasteiger partial charge is 0.381 e. The molecule has 0 N–H and O–H groups in total. The third kappa shape index (κ3) is 2.71. The number of Topliss-reactive ketones (excluding diaryl/α,β-unsaturated/α-hetero) is 1. The Bertz CT molecular complexity index is 636. The van der Waals surface area contributed by atoms with Gasteiger partial charge in [0.15, 0.2) is 5.78 Å². The van der Waals surface area contributed by atoms with Gasteiger partial charge >= 0.3 is 0 Å². The second-order valence-corrected chi connectivity index (χ2v) is 5.55. The molecule has 1 saturated heterocycles. The summed E-state index contributed by atoms with van der Waals surface area (Å²) >= 11 is 0. The molecule has 0 amide bonds. The van der Waals surface area contributed by atoms with Gasteiger partial charge in [-0.25, -0.2) is 0 Å². The number of benzene rings is 2. The number of ketones is 1. The molecule has 3 rings (SSSR count). The smallest absolute Gasteiger partial charge is 0.169 e. The summed E-state index contributed by atoms with van der Waals surface area (Å²) in [6.07, 6.45) is 1.70. The molecule has 1 fully saturated rings. The van der Waals surface area contributed by atoms with E-state index in [1.165, 1.54) is 5.39 Å². The molecule has 1 aliphatic rings. The second kappa shape index (κ2) is 5.96. The summed E-state index contributed by atoms with van der Waals surface area (Å²) in [4.78, 5) is 12.8. The number of carbonyl (C=O) groups is 1. The van der Waals surface area contributed by atoms with Crippen LogP contribution in [0.15, 0.2) is 42.5 Å². The van der Waals surface area contributed by atoms with Crippen molar-refractivity contribution < 1.29 is 14.3 Å². The van der Waals surface area contributed by atoms with Crippen LogP contribution in [0, 0.1) is 0 Å². The maximum atomic E-state index is 12.8. The fourth-order valence-electron chi connectivity index (χ4n) is 3.08. The van der Waals surface area contributed by atoms with E-state index in [9.17, 15) is 4.79 Å². The summed E-state index contributed by atoms with van der Waals surface area (Å²) in [5, 5.41) is 2.31.